The van der Waals surface area contributed by atoms with Crippen LogP contribution in [0.1, 0.15) is 6.92 Å². The van der Waals surface area contributed by atoms with Crippen molar-refractivity contribution in [2.45, 2.75) is 13.0 Å². The molecule has 1 saturated heterocycles. The number of aromatic nitrogens is 7. The normalized spacial score (nSPS) is 17.3. The van der Waals surface area contributed by atoms with E-state index in [1.165, 1.54) is 0 Å². The number of aromatic amines is 1. The number of aryl methyl sites for hydroxylation is 1. The fourth-order valence-electron chi connectivity index (χ4n) is 3.77. The van der Waals surface area contributed by atoms with Crippen molar-refractivity contribution < 1.29 is 9.13 Å². The van der Waals surface area contributed by atoms with E-state index in [2.05, 4.69) is 25.4 Å². The van der Waals surface area contributed by atoms with Crippen LogP contribution in [0.3, 0.4) is 0 Å². The summed E-state index contributed by atoms with van der Waals surface area (Å²) in [5.41, 5.74) is 7.59. The molecular formula is C18H20FN9O. The first-order valence-corrected chi connectivity index (χ1v) is 9.26. The summed E-state index contributed by atoms with van der Waals surface area (Å²) in [6.07, 6.45) is 3.23. The van der Waals surface area contributed by atoms with E-state index in [-0.39, 0.29) is 17.7 Å². The minimum absolute atomic E-state index is 0.0246. The molecule has 11 heteroatoms. The number of morpholine rings is 1. The van der Waals surface area contributed by atoms with Crippen molar-refractivity contribution >= 4 is 22.7 Å². The molecule has 5 heterocycles. The molecule has 1 aliphatic rings. The smallest absolute Gasteiger partial charge is 0.175 e. The van der Waals surface area contributed by atoms with Gasteiger partial charge in [-0.25, -0.2) is 9.37 Å². The van der Waals surface area contributed by atoms with E-state index in [1.807, 2.05) is 11.8 Å². The molecule has 10 nitrogen and oxygen atoms in total. The molecule has 0 radical (unpaired) electrons. The first-order valence-electron chi connectivity index (χ1n) is 9.26. The van der Waals surface area contributed by atoms with Crippen molar-refractivity contribution in [3.05, 3.63) is 30.3 Å². The Balaban J connectivity index is 1.86. The molecule has 1 atom stereocenters. The topological polar surface area (TPSA) is 116 Å². The van der Waals surface area contributed by atoms with Crippen molar-refractivity contribution in [3.8, 4) is 17.1 Å². The molecule has 1 unspecified atom stereocenters. The number of fused-ring (bicyclic) bond motifs is 1. The van der Waals surface area contributed by atoms with E-state index in [4.69, 9.17) is 10.5 Å². The zero-order valence-electron chi connectivity index (χ0n) is 16.0. The number of nitrogens with one attached hydrogen (secondary N) is 1. The quantitative estimate of drug-likeness (QED) is 0.538. The third-order valence-electron chi connectivity index (χ3n) is 5.20. The van der Waals surface area contributed by atoms with Crippen molar-refractivity contribution in [1.29, 1.82) is 0 Å². The van der Waals surface area contributed by atoms with E-state index >= 15 is 4.39 Å². The summed E-state index contributed by atoms with van der Waals surface area (Å²) in [5, 5.41) is 15.9. The Morgan fingerprint density at radius 1 is 1.31 bits per heavy atom. The van der Waals surface area contributed by atoms with E-state index in [0.29, 0.717) is 47.9 Å². The van der Waals surface area contributed by atoms with Crippen molar-refractivity contribution in [2.24, 2.45) is 7.05 Å². The number of rotatable bonds is 3. The van der Waals surface area contributed by atoms with Gasteiger partial charge < -0.3 is 15.4 Å². The SMILES string of the molecule is CC1COCCN1c1nc2c(c(N)nn2-c2ccn[nH]2)c(-c2ccnn2C)c1F. The summed E-state index contributed by atoms with van der Waals surface area (Å²) in [4.78, 5) is 6.58. The summed E-state index contributed by atoms with van der Waals surface area (Å²) in [6, 6.07) is 3.47. The molecule has 29 heavy (non-hydrogen) atoms. The minimum atomic E-state index is -0.453. The number of nitrogen functional groups attached to an aromatic ring is 1. The van der Waals surface area contributed by atoms with Gasteiger partial charge in [0.2, 0.25) is 0 Å². The number of pyridine rings is 1. The number of hydrogen-bond acceptors (Lipinski definition) is 7. The Hall–Kier alpha value is -3.47. The van der Waals surface area contributed by atoms with Crippen LogP contribution in [0.25, 0.3) is 28.1 Å². The van der Waals surface area contributed by atoms with Gasteiger partial charge in [-0.3, -0.25) is 9.78 Å². The molecule has 0 aliphatic carbocycles. The minimum Gasteiger partial charge on any atom is -0.382 e. The van der Waals surface area contributed by atoms with Gasteiger partial charge in [0, 0.05) is 25.9 Å². The lowest BCUT2D eigenvalue weighted by molar-refractivity contribution is 0.0982. The van der Waals surface area contributed by atoms with E-state index < -0.39 is 5.82 Å². The Morgan fingerprint density at radius 2 is 2.17 bits per heavy atom. The first-order chi connectivity index (χ1) is 14.1. The third-order valence-corrected chi connectivity index (χ3v) is 5.20. The van der Waals surface area contributed by atoms with Crippen LogP contribution in [-0.2, 0) is 11.8 Å². The summed E-state index contributed by atoms with van der Waals surface area (Å²) in [7, 11) is 1.76. The Kier molecular flexibility index (Phi) is 3.98. The lowest BCUT2D eigenvalue weighted by atomic mass is 10.1. The van der Waals surface area contributed by atoms with E-state index in [9.17, 15) is 0 Å². The van der Waals surface area contributed by atoms with Crippen LogP contribution in [0.5, 0.6) is 0 Å². The number of ether oxygens (including phenoxy) is 1. The number of nitrogens with two attached hydrogens (primary N) is 1. The van der Waals surface area contributed by atoms with Crippen LogP contribution in [0.4, 0.5) is 16.0 Å². The lowest BCUT2D eigenvalue weighted by Crippen LogP contribution is -2.44. The van der Waals surface area contributed by atoms with Crippen LogP contribution in [0.2, 0.25) is 0 Å². The predicted octanol–water partition coefficient (Wildman–Crippen LogP) is 1.49. The Labute approximate surface area is 165 Å². The molecule has 3 N–H and O–H groups in total. The molecule has 0 amide bonds. The highest BCUT2D eigenvalue weighted by atomic mass is 19.1. The van der Waals surface area contributed by atoms with Gasteiger partial charge in [-0.05, 0) is 13.0 Å². The van der Waals surface area contributed by atoms with Gasteiger partial charge >= 0.3 is 0 Å². The van der Waals surface area contributed by atoms with E-state index in [1.54, 1.807) is 40.9 Å². The Morgan fingerprint density at radius 3 is 2.86 bits per heavy atom. The van der Waals surface area contributed by atoms with Gasteiger partial charge in [-0.15, -0.1) is 5.10 Å². The molecule has 0 bridgehead atoms. The Bertz CT molecular complexity index is 1180. The molecular weight excluding hydrogens is 377 g/mol. The van der Waals surface area contributed by atoms with Crippen molar-refractivity contribution in [3.63, 3.8) is 0 Å². The fraction of sp³-hybridized carbons (Fsp3) is 0.333. The first kappa shape index (κ1) is 17.6. The second kappa shape index (κ2) is 6.55. The van der Waals surface area contributed by atoms with Crippen LogP contribution in [0, 0.1) is 5.82 Å². The summed E-state index contributed by atoms with van der Waals surface area (Å²) >= 11 is 0. The molecule has 5 rings (SSSR count). The van der Waals surface area contributed by atoms with Crippen LogP contribution < -0.4 is 10.6 Å². The highest BCUT2D eigenvalue weighted by molar-refractivity contribution is 6.01. The van der Waals surface area contributed by atoms with Crippen LogP contribution >= 0.6 is 0 Å². The second-order valence-corrected chi connectivity index (χ2v) is 7.02. The zero-order valence-corrected chi connectivity index (χ0v) is 16.0. The molecule has 0 aromatic carbocycles. The van der Waals surface area contributed by atoms with Gasteiger partial charge in [-0.1, -0.05) is 0 Å². The molecule has 150 valence electrons. The fourth-order valence-corrected chi connectivity index (χ4v) is 3.77. The summed E-state index contributed by atoms with van der Waals surface area (Å²) in [6.45, 7) is 3.53. The van der Waals surface area contributed by atoms with Gasteiger partial charge in [-0.2, -0.15) is 14.9 Å². The maximum atomic E-state index is 15.9. The highest BCUT2D eigenvalue weighted by Crippen LogP contribution is 2.39. The average molecular weight is 397 g/mol. The van der Waals surface area contributed by atoms with Gasteiger partial charge in [0.1, 0.15) is 0 Å². The number of halogens is 1. The summed E-state index contributed by atoms with van der Waals surface area (Å²) < 4.78 is 24.6. The number of anilines is 2. The molecule has 4 aromatic heterocycles. The van der Waals surface area contributed by atoms with Gasteiger partial charge in [0.25, 0.3) is 0 Å². The average Bonchev–Trinajstić information content (AvgIpc) is 3.44. The largest absolute Gasteiger partial charge is 0.382 e. The zero-order chi connectivity index (χ0) is 20.1. The predicted molar refractivity (Wildman–Crippen MR) is 105 cm³/mol. The van der Waals surface area contributed by atoms with E-state index in [0.717, 1.165) is 0 Å². The molecule has 1 fully saturated rings. The van der Waals surface area contributed by atoms with Crippen LogP contribution in [-0.4, -0.2) is 60.5 Å². The van der Waals surface area contributed by atoms with Crippen LogP contribution in [0.15, 0.2) is 24.5 Å². The lowest BCUT2D eigenvalue weighted by Gasteiger charge is -2.34. The molecule has 0 saturated carbocycles. The number of H-pyrrole nitrogens is 1. The maximum absolute atomic E-state index is 15.9. The van der Waals surface area contributed by atoms with Crippen molar-refractivity contribution in [2.75, 3.05) is 30.4 Å². The third kappa shape index (κ3) is 2.65. The molecule has 1 aliphatic heterocycles. The maximum Gasteiger partial charge on any atom is 0.175 e. The summed E-state index contributed by atoms with van der Waals surface area (Å²) in [5.74, 6) is 0.553. The molecule has 0 spiro atoms. The number of hydrogen-bond donors (Lipinski definition) is 2. The number of nitrogens with zero attached hydrogens (tertiary/aromatic N) is 7. The second-order valence-electron chi connectivity index (χ2n) is 7.02. The van der Waals surface area contributed by atoms with Gasteiger partial charge in [0.15, 0.2) is 28.9 Å². The standard InChI is InChI=1S/C18H20FN9O/c1-10-9-29-8-7-27(10)18-15(19)13(11-3-6-22-26(11)2)14-16(20)25-28(17(14)23-18)12-4-5-21-24-12/h3-6,10H,7-9H2,1-2H3,(H2,20,25)(H,21,24). The molecule has 4 aromatic rings. The highest BCUT2D eigenvalue weighted by Gasteiger charge is 2.30. The van der Waals surface area contributed by atoms with Crippen molar-refractivity contribution in [1.82, 2.24) is 34.7 Å². The monoisotopic (exact) mass is 397 g/mol. The van der Waals surface area contributed by atoms with Gasteiger partial charge in [0.05, 0.1) is 42.1 Å².